The van der Waals surface area contributed by atoms with Crippen molar-refractivity contribution in [2.45, 2.75) is 0 Å². The Labute approximate surface area is 172 Å². The van der Waals surface area contributed by atoms with Crippen molar-refractivity contribution in [2.24, 2.45) is 9.98 Å². The number of nitrogens with zero attached hydrogens (tertiary/aromatic N) is 4. The van der Waals surface area contributed by atoms with Crippen molar-refractivity contribution < 1.29 is 0 Å². The third-order valence-electron chi connectivity index (χ3n) is 4.20. The molecule has 5 nitrogen and oxygen atoms in total. The summed E-state index contributed by atoms with van der Waals surface area (Å²) in [6.07, 6.45) is 0. The molecule has 4 aromatic rings. The molecule has 29 heavy (non-hydrogen) atoms. The van der Waals surface area contributed by atoms with Crippen LogP contribution in [0.3, 0.4) is 0 Å². The van der Waals surface area contributed by atoms with Crippen LogP contribution in [0, 0.1) is 11.3 Å². The van der Waals surface area contributed by atoms with Gasteiger partial charge < -0.3 is 5.73 Å². The summed E-state index contributed by atoms with van der Waals surface area (Å²) in [7, 11) is 0. The van der Waals surface area contributed by atoms with Crippen LogP contribution in [0.5, 0.6) is 0 Å². The SMILES string of the molecule is N#Cc1sc(=NC(=Nc2ccccc2)c2ccccc2)n(-c2ccccc2)c1N. The fraction of sp³-hybridized carbons (Fsp3) is 0. The molecule has 2 N–H and O–H groups in total. The van der Waals surface area contributed by atoms with Gasteiger partial charge in [0, 0.05) is 11.3 Å². The lowest BCUT2D eigenvalue weighted by atomic mass is 10.2. The van der Waals surface area contributed by atoms with Crippen LogP contribution in [0.2, 0.25) is 0 Å². The average Bonchev–Trinajstić information content (AvgIpc) is 3.10. The largest absolute Gasteiger partial charge is 0.383 e. The van der Waals surface area contributed by atoms with Crippen molar-refractivity contribution in [3.05, 3.63) is 106 Å². The molecule has 1 aromatic heterocycles. The first kappa shape index (κ1) is 18.4. The number of aliphatic imine (C=N–C) groups is 1. The van der Waals surface area contributed by atoms with Crippen LogP contribution in [0.25, 0.3) is 5.69 Å². The van der Waals surface area contributed by atoms with Gasteiger partial charge in [0.2, 0.25) is 0 Å². The Morgan fingerprint density at radius 1 is 0.862 bits per heavy atom. The Morgan fingerprint density at radius 2 is 1.45 bits per heavy atom. The fourth-order valence-electron chi connectivity index (χ4n) is 2.83. The molecule has 0 unspecified atom stereocenters. The van der Waals surface area contributed by atoms with Crippen LogP contribution in [-0.4, -0.2) is 10.4 Å². The van der Waals surface area contributed by atoms with E-state index in [4.69, 9.17) is 15.7 Å². The highest BCUT2D eigenvalue weighted by Crippen LogP contribution is 2.20. The van der Waals surface area contributed by atoms with Crippen LogP contribution in [0.1, 0.15) is 10.4 Å². The minimum atomic E-state index is 0.370. The van der Waals surface area contributed by atoms with Crippen LogP contribution < -0.4 is 10.5 Å². The van der Waals surface area contributed by atoms with Crippen molar-refractivity contribution >= 4 is 28.7 Å². The number of thiazole rings is 1. The number of nitrogens with two attached hydrogens (primary N) is 1. The lowest BCUT2D eigenvalue weighted by molar-refractivity contribution is 1.02. The van der Waals surface area contributed by atoms with Gasteiger partial charge >= 0.3 is 0 Å². The molecule has 0 fully saturated rings. The normalized spacial score (nSPS) is 12.0. The molecule has 0 saturated carbocycles. The number of aromatic nitrogens is 1. The molecular formula is C23H17N5S. The van der Waals surface area contributed by atoms with E-state index in [9.17, 15) is 5.26 Å². The molecule has 0 radical (unpaired) electrons. The number of nitrogen functional groups attached to an aromatic ring is 1. The fourth-order valence-corrected chi connectivity index (χ4v) is 3.68. The lowest BCUT2D eigenvalue weighted by Crippen LogP contribution is -2.17. The maximum atomic E-state index is 9.48. The number of anilines is 1. The van der Waals surface area contributed by atoms with Crippen LogP contribution in [-0.2, 0) is 0 Å². The first-order valence-electron chi connectivity index (χ1n) is 8.97. The third kappa shape index (κ3) is 4.00. The molecule has 0 aliphatic carbocycles. The summed E-state index contributed by atoms with van der Waals surface area (Å²) < 4.78 is 1.78. The molecule has 0 aliphatic heterocycles. The van der Waals surface area contributed by atoms with E-state index >= 15 is 0 Å². The minimum Gasteiger partial charge on any atom is -0.383 e. The molecular weight excluding hydrogens is 378 g/mol. The van der Waals surface area contributed by atoms with Crippen LogP contribution >= 0.6 is 11.3 Å². The van der Waals surface area contributed by atoms with E-state index in [1.54, 1.807) is 4.57 Å². The minimum absolute atomic E-state index is 0.370. The van der Waals surface area contributed by atoms with Crippen molar-refractivity contribution in [3.8, 4) is 11.8 Å². The second-order valence-corrected chi connectivity index (χ2v) is 7.11. The second-order valence-electron chi connectivity index (χ2n) is 6.13. The summed E-state index contributed by atoms with van der Waals surface area (Å²) in [6.45, 7) is 0. The maximum Gasteiger partial charge on any atom is 0.199 e. The highest BCUT2D eigenvalue weighted by atomic mass is 32.1. The Balaban J connectivity index is 1.97. The Morgan fingerprint density at radius 3 is 2.07 bits per heavy atom. The summed E-state index contributed by atoms with van der Waals surface area (Å²) >= 11 is 1.24. The number of rotatable bonds is 3. The van der Waals surface area contributed by atoms with E-state index in [1.807, 2.05) is 91.0 Å². The molecule has 0 atom stereocenters. The number of nitriles is 1. The van der Waals surface area contributed by atoms with E-state index in [2.05, 4.69) is 6.07 Å². The first-order valence-corrected chi connectivity index (χ1v) is 9.78. The van der Waals surface area contributed by atoms with Crippen LogP contribution in [0.15, 0.2) is 101 Å². The molecule has 0 saturated heterocycles. The summed E-state index contributed by atoms with van der Waals surface area (Å²) in [5.41, 5.74) is 8.78. The van der Waals surface area contributed by atoms with E-state index in [0.29, 0.717) is 21.3 Å². The second kappa shape index (κ2) is 8.38. The Hall–Kier alpha value is -3.95. The molecule has 1 heterocycles. The van der Waals surface area contributed by atoms with Gasteiger partial charge in [0.05, 0.1) is 5.69 Å². The van der Waals surface area contributed by atoms with Gasteiger partial charge in [0.15, 0.2) is 10.6 Å². The molecule has 0 spiro atoms. The summed E-state index contributed by atoms with van der Waals surface area (Å²) in [4.78, 5) is 10.6. The molecule has 140 valence electrons. The summed E-state index contributed by atoms with van der Waals surface area (Å²) in [5, 5.41) is 9.48. The van der Waals surface area contributed by atoms with Gasteiger partial charge in [-0.25, -0.2) is 9.98 Å². The number of hydrogen-bond donors (Lipinski definition) is 1. The van der Waals surface area contributed by atoms with Gasteiger partial charge in [-0.05, 0) is 24.3 Å². The van der Waals surface area contributed by atoms with E-state index < -0.39 is 0 Å². The molecule has 3 aromatic carbocycles. The number of para-hydroxylation sites is 2. The van der Waals surface area contributed by atoms with Gasteiger partial charge in [0.1, 0.15) is 16.8 Å². The van der Waals surface area contributed by atoms with Crippen molar-refractivity contribution in [1.29, 1.82) is 5.26 Å². The van der Waals surface area contributed by atoms with Gasteiger partial charge in [-0.2, -0.15) is 5.26 Å². The van der Waals surface area contributed by atoms with Gasteiger partial charge in [-0.3, -0.25) is 4.57 Å². The number of hydrogen-bond acceptors (Lipinski definition) is 4. The molecule has 4 rings (SSSR count). The smallest absolute Gasteiger partial charge is 0.199 e. The van der Waals surface area contributed by atoms with Gasteiger partial charge in [-0.15, -0.1) is 0 Å². The third-order valence-corrected chi connectivity index (χ3v) is 5.16. The maximum absolute atomic E-state index is 9.48. The Bertz CT molecular complexity index is 1250. The number of benzene rings is 3. The van der Waals surface area contributed by atoms with Gasteiger partial charge in [-0.1, -0.05) is 78.1 Å². The quantitative estimate of drug-likeness (QED) is 0.404. The van der Waals surface area contributed by atoms with Crippen molar-refractivity contribution in [3.63, 3.8) is 0 Å². The monoisotopic (exact) mass is 395 g/mol. The average molecular weight is 395 g/mol. The van der Waals surface area contributed by atoms with Gasteiger partial charge in [0.25, 0.3) is 0 Å². The highest BCUT2D eigenvalue weighted by Gasteiger charge is 2.13. The molecule has 0 aliphatic rings. The Kier molecular flexibility index (Phi) is 5.32. The predicted octanol–water partition coefficient (Wildman–Crippen LogP) is 4.67. The topological polar surface area (TPSA) is 79.5 Å². The lowest BCUT2D eigenvalue weighted by Gasteiger charge is -2.06. The van der Waals surface area contributed by atoms with E-state index in [1.165, 1.54) is 11.3 Å². The van der Waals surface area contributed by atoms with Crippen molar-refractivity contribution in [2.75, 3.05) is 5.73 Å². The first-order chi connectivity index (χ1) is 14.3. The predicted molar refractivity (Wildman–Crippen MR) is 117 cm³/mol. The highest BCUT2D eigenvalue weighted by molar-refractivity contribution is 7.10. The molecule has 0 amide bonds. The molecule has 6 heteroatoms. The van der Waals surface area contributed by atoms with Crippen LogP contribution in [0.4, 0.5) is 11.5 Å². The van der Waals surface area contributed by atoms with E-state index in [0.717, 1.165) is 16.9 Å². The summed E-state index contributed by atoms with van der Waals surface area (Å²) in [5.74, 6) is 0.918. The van der Waals surface area contributed by atoms with E-state index in [-0.39, 0.29) is 0 Å². The zero-order valence-electron chi connectivity index (χ0n) is 15.4. The standard InChI is InChI=1S/C23H17N5S/c24-16-20-21(25)28(19-14-8-3-9-15-19)23(29-20)27-22(17-10-4-1-5-11-17)26-18-12-6-2-7-13-18/h1-15H,25H2. The van der Waals surface area contributed by atoms with Crippen molar-refractivity contribution in [1.82, 2.24) is 4.57 Å². The zero-order valence-corrected chi connectivity index (χ0v) is 16.3. The molecule has 0 bridgehead atoms. The summed E-state index contributed by atoms with van der Waals surface area (Å²) in [6, 6.07) is 31.2. The zero-order chi connectivity index (χ0) is 20.1. The number of amidine groups is 1.